The fourth-order valence-corrected chi connectivity index (χ4v) is 5.41. The zero-order valence-electron chi connectivity index (χ0n) is 24.2. The number of benzene rings is 2. The Kier molecular flexibility index (Phi) is 7.84. The Morgan fingerprint density at radius 2 is 1.95 bits per heavy atom. The molecule has 3 heterocycles. The molecular weight excluding hydrogens is 520 g/mol. The van der Waals surface area contributed by atoms with Gasteiger partial charge in [0.2, 0.25) is 5.79 Å². The highest BCUT2D eigenvalue weighted by Crippen LogP contribution is 2.41. The first-order valence-corrected chi connectivity index (χ1v) is 13.8. The second-order valence-electron chi connectivity index (χ2n) is 10.9. The number of aryl methyl sites for hydroxylation is 2. The number of likely N-dealkylation sites (tertiary alicyclic amines) is 1. The molecule has 2 aliphatic heterocycles. The van der Waals surface area contributed by atoms with Crippen molar-refractivity contribution in [3.05, 3.63) is 69.5 Å². The van der Waals surface area contributed by atoms with Crippen LogP contribution in [0.4, 0.5) is 5.69 Å². The smallest absolute Gasteiger partial charge is 0.213 e. The van der Waals surface area contributed by atoms with Crippen LogP contribution in [0.25, 0.3) is 0 Å². The molecule has 3 N–H and O–H groups in total. The van der Waals surface area contributed by atoms with Gasteiger partial charge in [-0.3, -0.25) is 5.41 Å². The summed E-state index contributed by atoms with van der Waals surface area (Å²) < 4.78 is 24.3. The molecular formula is C31H36N6O4. The number of ether oxygens (including phenoxy) is 4. The van der Waals surface area contributed by atoms with Gasteiger partial charge in [0.1, 0.15) is 18.4 Å². The summed E-state index contributed by atoms with van der Waals surface area (Å²) in [5, 5.41) is 27.2. The highest BCUT2D eigenvalue weighted by molar-refractivity contribution is 6.14. The fourth-order valence-electron chi connectivity index (χ4n) is 5.41. The first-order valence-electron chi connectivity index (χ1n) is 13.8. The van der Waals surface area contributed by atoms with Gasteiger partial charge in [-0.2, -0.15) is 15.5 Å². The van der Waals surface area contributed by atoms with Crippen molar-refractivity contribution in [3.8, 4) is 23.3 Å². The molecule has 0 aliphatic carbocycles. The Morgan fingerprint density at radius 3 is 2.61 bits per heavy atom. The number of hydrogen-bond donors (Lipinski definition) is 2. The van der Waals surface area contributed by atoms with Crippen molar-refractivity contribution in [1.82, 2.24) is 15.1 Å². The topological polar surface area (TPSA) is 140 Å². The minimum atomic E-state index is -0.729. The van der Waals surface area contributed by atoms with E-state index in [4.69, 9.17) is 30.1 Å². The number of anilines is 1. The van der Waals surface area contributed by atoms with E-state index in [0.717, 1.165) is 48.3 Å². The van der Waals surface area contributed by atoms with E-state index >= 15 is 0 Å². The average molecular weight is 557 g/mol. The number of hydrogen-bond acceptors (Lipinski definition) is 10. The number of methoxy groups -OCH3 is 1. The number of nitrogens with one attached hydrogen (secondary N) is 1. The maximum atomic E-state index is 10.0. The van der Waals surface area contributed by atoms with E-state index in [2.05, 4.69) is 35.0 Å². The van der Waals surface area contributed by atoms with Gasteiger partial charge in [0.05, 0.1) is 36.9 Å². The summed E-state index contributed by atoms with van der Waals surface area (Å²) >= 11 is 0. The van der Waals surface area contributed by atoms with Gasteiger partial charge in [-0.1, -0.05) is 0 Å². The Balaban J connectivity index is 1.42. The van der Waals surface area contributed by atoms with Crippen LogP contribution in [0.2, 0.25) is 0 Å². The predicted octanol–water partition coefficient (Wildman–Crippen LogP) is 4.66. The quantitative estimate of drug-likeness (QED) is 0.314. The van der Waals surface area contributed by atoms with Gasteiger partial charge < -0.3 is 29.6 Å². The van der Waals surface area contributed by atoms with Crippen LogP contribution < -0.4 is 19.9 Å². The Morgan fingerprint density at radius 1 is 1.20 bits per heavy atom. The summed E-state index contributed by atoms with van der Waals surface area (Å²) in [6.45, 7) is 10.5. The van der Waals surface area contributed by atoms with Gasteiger partial charge in [-0.25, -0.2) is 0 Å². The van der Waals surface area contributed by atoms with E-state index in [9.17, 15) is 5.26 Å². The number of rotatable bonds is 7. The maximum absolute atomic E-state index is 10.0. The van der Waals surface area contributed by atoms with E-state index in [1.807, 2.05) is 19.9 Å². The number of nitriles is 1. The van der Waals surface area contributed by atoms with Crippen molar-refractivity contribution in [2.75, 3.05) is 25.9 Å². The second-order valence-corrected chi connectivity index (χ2v) is 10.9. The van der Waals surface area contributed by atoms with E-state index in [-0.39, 0.29) is 12.3 Å². The van der Waals surface area contributed by atoms with Crippen molar-refractivity contribution in [2.45, 2.75) is 65.6 Å². The number of fused-ring (bicyclic) bond motifs is 1. The van der Waals surface area contributed by atoms with Gasteiger partial charge in [-0.05, 0) is 51.5 Å². The molecule has 0 atom stereocenters. The number of nitrogens with zero attached hydrogens (tertiary/aromatic N) is 4. The molecule has 0 unspecified atom stereocenters. The number of aromatic nitrogens is 2. The molecule has 2 aromatic carbocycles. The van der Waals surface area contributed by atoms with Gasteiger partial charge in [0, 0.05) is 66.0 Å². The maximum Gasteiger partial charge on any atom is 0.213 e. The number of piperidine rings is 1. The van der Waals surface area contributed by atoms with E-state index in [1.54, 1.807) is 31.5 Å². The molecule has 214 valence electrons. The SMILES string of the molecule is COc1cc(N)c(C(=N)c2cc(C#N)c3c(c2)COC2(CCN(C(C)C)CC2)O3)cc1OCc1c(C)cnnc1C. The van der Waals surface area contributed by atoms with Crippen molar-refractivity contribution in [3.63, 3.8) is 0 Å². The van der Waals surface area contributed by atoms with Crippen LogP contribution in [0.15, 0.2) is 30.5 Å². The second kappa shape index (κ2) is 11.4. The van der Waals surface area contributed by atoms with Gasteiger partial charge in [0.15, 0.2) is 11.5 Å². The third kappa shape index (κ3) is 5.56. The van der Waals surface area contributed by atoms with Crippen molar-refractivity contribution in [2.24, 2.45) is 0 Å². The predicted molar refractivity (Wildman–Crippen MR) is 154 cm³/mol. The zero-order valence-corrected chi connectivity index (χ0v) is 24.2. The molecule has 10 nitrogen and oxygen atoms in total. The molecule has 0 amide bonds. The van der Waals surface area contributed by atoms with Gasteiger partial charge in [-0.15, -0.1) is 0 Å². The Bertz CT molecular complexity index is 1500. The minimum Gasteiger partial charge on any atom is -0.493 e. The summed E-state index contributed by atoms with van der Waals surface area (Å²) in [5.74, 6) is 0.705. The van der Waals surface area contributed by atoms with Crippen LogP contribution in [0, 0.1) is 30.6 Å². The molecule has 41 heavy (non-hydrogen) atoms. The lowest BCUT2D eigenvalue weighted by molar-refractivity contribution is -0.229. The first-order chi connectivity index (χ1) is 19.6. The lowest BCUT2D eigenvalue weighted by Gasteiger charge is -2.45. The number of nitrogen functional groups attached to an aromatic ring is 1. The molecule has 1 fully saturated rings. The molecule has 3 aromatic rings. The van der Waals surface area contributed by atoms with Crippen LogP contribution >= 0.6 is 0 Å². The van der Waals surface area contributed by atoms with Crippen LogP contribution in [-0.4, -0.2) is 52.8 Å². The van der Waals surface area contributed by atoms with Crippen LogP contribution in [0.1, 0.15) is 65.8 Å². The largest absolute Gasteiger partial charge is 0.493 e. The van der Waals surface area contributed by atoms with Crippen LogP contribution in [-0.2, 0) is 18.0 Å². The summed E-state index contributed by atoms with van der Waals surface area (Å²) in [7, 11) is 1.54. The van der Waals surface area contributed by atoms with Gasteiger partial charge >= 0.3 is 0 Å². The van der Waals surface area contributed by atoms with Crippen molar-refractivity contribution >= 4 is 11.4 Å². The molecule has 1 saturated heterocycles. The first kappa shape index (κ1) is 28.3. The molecule has 2 aliphatic rings. The molecule has 5 rings (SSSR count). The third-order valence-corrected chi connectivity index (χ3v) is 7.99. The van der Waals surface area contributed by atoms with Gasteiger partial charge in [0.25, 0.3) is 0 Å². The van der Waals surface area contributed by atoms with E-state index < -0.39 is 5.79 Å². The lowest BCUT2D eigenvalue weighted by atomic mass is 9.94. The molecule has 1 aromatic heterocycles. The third-order valence-electron chi connectivity index (χ3n) is 7.99. The normalized spacial score (nSPS) is 16.1. The summed E-state index contributed by atoms with van der Waals surface area (Å²) in [5.41, 5.74) is 11.7. The molecule has 0 radical (unpaired) electrons. The molecule has 0 saturated carbocycles. The molecule has 0 bridgehead atoms. The number of nitrogens with two attached hydrogens (primary N) is 1. The summed E-state index contributed by atoms with van der Waals surface area (Å²) in [4.78, 5) is 2.40. The fraction of sp³-hybridized carbons (Fsp3) is 0.419. The van der Waals surface area contributed by atoms with Crippen molar-refractivity contribution in [1.29, 1.82) is 10.7 Å². The zero-order chi connectivity index (χ0) is 29.3. The van der Waals surface area contributed by atoms with E-state index in [0.29, 0.717) is 52.3 Å². The molecule has 10 heteroatoms. The highest BCUT2D eigenvalue weighted by atomic mass is 16.7. The lowest BCUT2D eigenvalue weighted by Crippen LogP contribution is -2.52. The minimum absolute atomic E-state index is 0.151. The monoisotopic (exact) mass is 556 g/mol. The Hall–Kier alpha value is -4.20. The van der Waals surface area contributed by atoms with Crippen LogP contribution in [0.3, 0.4) is 0 Å². The summed E-state index contributed by atoms with van der Waals surface area (Å²) in [6.07, 6.45) is 3.15. The van der Waals surface area contributed by atoms with Crippen molar-refractivity contribution < 1.29 is 18.9 Å². The standard InChI is InChI=1S/C31H36N6O4/c1-18(2)37-8-6-31(7-9-37)40-16-23-11-21(10-22(14-32)30(23)41-31)29(34)24-12-28(27(38-5)13-26(24)33)39-17-25-19(3)15-35-36-20(25)4/h10-13,15,18,34H,6-9,16-17,33H2,1-5H3. The molecule has 1 spiro atoms. The average Bonchev–Trinajstić information content (AvgIpc) is 2.96. The van der Waals surface area contributed by atoms with E-state index in [1.165, 1.54) is 0 Å². The summed E-state index contributed by atoms with van der Waals surface area (Å²) in [6, 6.07) is 9.60. The van der Waals surface area contributed by atoms with Crippen LogP contribution in [0.5, 0.6) is 17.2 Å². The Labute approximate surface area is 240 Å². The highest BCUT2D eigenvalue weighted by Gasteiger charge is 2.42.